The van der Waals surface area contributed by atoms with Gasteiger partial charge in [-0.05, 0) is 12.1 Å². The molecule has 94 valence electrons. The lowest BCUT2D eigenvalue weighted by Crippen LogP contribution is -2.14. The van der Waals surface area contributed by atoms with Crippen LogP contribution in [0.4, 0.5) is 11.4 Å². The number of anilines is 2. The van der Waals surface area contributed by atoms with Gasteiger partial charge in [0.05, 0.1) is 36.8 Å². The summed E-state index contributed by atoms with van der Waals surface area (Å²) in [6.07, 6.45) is 0. The zero-order valence-corrected chi connectivity index (χ0v) is 9.39. The van der Waals surface area contributed by atoms with Crippen molar-refractivity contribution in [2.45, 2.75) is 0 Å². The summed E-state index contributed by atoms with van der Waals surface area (Å²) >= 11 is 0. The first kappa shape index (κ1) is 13.3. The van der Waals surface area contributed by atoms with Crippen LogP contribution in [0.3, 0.4) is 0 Å². The first-order valence-corrected chi connectivity index (χ1v) is 5.16. The number of rotatable bonds is 6. The summed E-state index contributed by atoms with van der Waals surface area (Å²) in [5.41, 5.74) is 12.0. The molecule has 17 heavy (non-hydrogen) atoms. The van der Waals surface area contributed by atoms with Crippen LogP contribution in [0.5, 0.6) is 0 Å². The van der Waals surface area contributed by atoms with Crippen molar-refractivity contribution in [3.05, 3.63) is 23.8 Å². The predicted molar refractivity (Wildman–Crippen MR) is 63.5 cm³/mol. The molecular formula is C11H16N2O4. The zero-order chi connectivity index (χ0) is 12.7. The molecule has 0 spiro atoms. The number of nitrogens with two attached hydrogens (primary N) is 2. The van der Waals surface area contributed by atoms with Gasteiger partial charge >= 0.3 is 5.97 Å². The summed E-state index contributed by atoms with van der Waals surface area (Å²) in [5.74, 6) is -0.539. The lowest BCUT2D eigenvalue weighted by atomic mass is 10.1. The molecule has 0 aliphatic heterocycles. The summed E-state index contributed by atoms with van der Waals surface area (Å²) in [4.78, 5) is 11.6. The Kier molecular flexibility index (Phi) is 5.25. The molecule has 0 aliphatic rings. The van der Waals surface area contributed by atoms with Crippen molar-refractivity contribution in [2.75, 3.05) is 37.9 Å². The van der Waals surface area contributed by atoms with E-state index in [4.69, 9.17) is 26.0 Å². The average molecular weight is 240 g/mol. The molecule has 0 unspecified atom stereocenters. The number of benzene rings is 1. The van der Waals surface area contributed by atoms with Gasteiger partial charge in [-0.1, -0.05) is 6.07 Å². The highest BCUT2D eigenvalue weighted by atomic mass is 16.6. The molecule has 0 radical (unpaired) electrons. The van der Waals surface area contributed by atoms with E-state index in [2.05, 4.69) is 0 Å². The van der Waals surface area contributed by atoms with Gasteiger partial charge < -0.3 is 26.0 Å². The van der Waals surface area contributed by atoms with Gasteiger partial charge in [0.15, 0.2) is 0 Å². The molecule has 1 aromatic rings. The van der Waals surface area contributed by atoms with E-state index >= 15 is 0 Å². The van der Waals surface area contributed by atoms with E-state index in [0.29, 0.717) is 5.69 Å². The number of ether oxygens (including phenoxy) is 2. The van der Waals surface area contributed by atoms with Crippen LogP contribution in [-0.4, -0.2) is 37.5 Å². The lowest BCUT2D eigenvalue weighted by Gasteiger charge is -2.08. The number of aliphatic hydroxyl groups excluding tert-OH is 1. The fourth-order valence-electron chi connectivity index (χ4n) is 1.20. The second-order valence-corrected chi connectivity index (χ2v) is 3.28. The van der Waals surface area contributed by atoms with E-state index in [0.717, 1.165) is 0 Å². The van der Waals surface area contributed by atoms with Gasteiger partial charge in [0.1, 0.15) is 6.61 Å². The van der Waals surface area contributed by atoms with Crippen LogP contribution in [0.25, 0.3) is 0 Å². The van der Waals surface area contributed by atoms with Crippen LogP contribution in [0, 0.1) is 0 Å². The Balaban J connectivity index is 2.44. The third-order valence-corrected chi connectivity index (χ3v) is 2.06. The van der Waals surface area contributed by atoms with Crippen LogP contribution in [0.15, 0.2) is 18.2 Å². The minimum Gasteiger partial charge on any atom is -0.460 e. The van der Waals surface area contributed by atoms with Crippen molar-refractivity contribution in [3.8, 4) is 0 Å². The highest BCUT2D eigenvalue weighted by Gasteiger charge is 2.12. The molecule has 6 nitrogen and oxygen atoms in total. The highest BCUT2D eigenvalue weighted by molar-refractivity contribution is 5.97. The number of aliphatic hydroxyl groups is 1. The van der Waals surface area contributed by atoms with E-state index in [1.54, 1.807) is 18.2 Å². The topological polar surface area (TPSA) is 108 Å². The molecule has 0 bridgehead atoms. The molecule has 1 aromatic carbocycles. The van der Waals surface area contributed by atoms with Crippen LogP contribution in [0.1, 0.15) is 10.4 Å². The molecule has 5 N–H and O–H groups in total. The van der Waals surface area contributed by atoms with E-state index in [9.17, 15) is 4.79 Å². The summed E-state index contributed by atoms with van der Waals surface area (Å²) in [7, 11) is 0. The van der Waals surface area contributed by atoms with Crippen molar-refractivity contribution in [2.24, 2.45) is 0 Å². The van der Waals surface area contributed by atoms with Gasteiger partial charge in [-0.25, -0.2) is 4.79 Å². The van der Waals surface area contributed by atoms with Crippen LogP contribution >= 0.6 is 0 Å². The first-order valence-electron chi connectivity index (χ1n) is 5.16. The van der Waals surface area contributed by atoms with Crippen molar-refractivity contribution < 1.29 is 19.4 Å². The number of esters is 1. The van der Waals surface area contributed by atoms with E-state index in [1.165, 1.54) is 0 Å². The van der Waals surface area contributed by atoms with Crippen molar-refractivity contribution >= 4 is 17.3 Å². The van der Waals surface area contributed by atoms with Gasteiger partial charge in [0.25, 0.3) is 0 Å². The van der Waals surface area contributed by atoms with Gasteiger partial charge in [0.2, 0.25) is 0 Å². The average Bonchev–Trinajstić information content (AvgIpc) is 2.32. The number of carbonyl (C=O) groups excluding carboxylic acids is 1. The molecule has 0 heterocycles. The zero-order valence-electron chi connectivity index (χ0n) is 9.39. The van der Waals surface area contributed by atoms with Crippen molar-refractivity contribution in [3.63, 3.8) is 0 Å². The number of hydrogen-bond donors (Lipinski definition) is 3. The summed E-state index contributed by atoms with van der Waals surface area (Å²) < 4.78 is 9.87. The number of para-hydroxylation sites is 1. The summed E-state index contributed by atoms with van der Waals surface area (Å²) in [6.45, 7) is 0.496. The maximum absolute atomic E-state index is 11.6. The Morgan fingerprint density at radius 2 is 2.00 bits per heavy atom. The Hall–Kier alpha value is -1.79. The summed E-state index contributed by atoms with van der Waals surface area (Å²) in [5, 5.41) is 8.46. The first-order chi connectivity index (χ1) is 8.16. The fraction of sp³-hybridized carbons (Fsp3) is 0.364. The number of hydrogen-bond acceptors (Lipinski definition) is 6. The van der Waals surface area contributed by atoms with E-state index < -0.39 is 5.97 Å². The van der Waals surface area contributed by atoms with Gasteiger partial charge in [-0.3, -0.25) is 0 Å². The minimum atomic E-state index is -0.539. The Morgan fingerprint density at radius 1 is 1.24 bits per heavy atom. The molecular weight excluding hydrogens is 224 g/mol. The fourth-order valence-corrected chi connectivity index (χ4v) is 1.20. The maximum Gasteiger partial charge on any atom is 0.340 e. The number of nitrogen functional groups attached to an aromatic ring is 2. The van der Waals surface area contributed by atoms with Crippen molar-refractivity contribution in [1.29, 1.82) is 0 Å². The lowest BCUT2D eigenvalue weighted by molar-refractivity contribution is 0.0259. The molecule has 6 heteroatoms. The van der Waals surface area contributed by atoms with E-state index in [-0.39, 0.29) is 37.7 Å². The third kappa shape index (κ3) is 3.93. The highest BCUT2D eigenvalue weighted by Crippen LogP contribution is 2.19. The van der Waals surface area contributed by atoms with E-state index in [1.807, 2.05) is 0 Å². The molecule has 0 fully saturated rings. The van der Waals surface area contributed by atoms with Crippen LogP contribution in [-0.2, 0) is 9.47 Å². The Morgan fingerprint density at radius 3 is 2.71 bits per heavy atom. The summed E-state index contributed by atoms with van der Waals surface area (Å²) in [6, 6.07) is 4.78. The van der Waals surface area contributed by atoms with Crippen LogP contribution in [0.2, 0.25) is 0 Å². The van der Waals surface area contributed by atoms with Gasteiger partial charge in [0, 0.05) is 0 Å². The maximum atomic E-state index is 11.6. The quantitative estimate of drug-likeness (QED) is 0.367. The molecule has 0 aliphatic carbocycles. The van der Waals surface area contributed by atoms with Gasteiger partial charge in [-0.15, -0.1) is 0 Å². The number of carbonyl (C=O) groups is 1. The normalized spacial score (nSPS) is 10.2. The minimum absolute atomic E-state index is 0.0594. The van der Waals surface area contributed by atoms with Crippen molar-refractivity contribution in [1.82, 2.24) is 0 Å². The second-order valence-electron chi connectivity index (χ2n) is 3.28. The molecule has 1 rings (SSSR count). The molecule has 0 amide bonds. The Labute approximate surface area is 99.1 Å². The third-order valence-electron chi connectivity index (χ3n) is 2.06. The largest absolute Gasteiger partial charge is 0.460 e. The molecule has 0 atom stereocenters. The molecule has 0 saturated heterocycles. The van der Waals surface area contributed by atoms with Crippen LogP contribution < -0.4 is 11.5 Å². The SMILES string of the molecule is Nc1cccc(C(=O)OCCOCCO)c1N. The molecule has 0 saturated carbocycles. The van der Waals surface area contributed by atoms with Gasteiger partial charge in [-0.2, -0.15) is 0 Å². The second kappa shape index (κ2) is 6.72. The predicted octanol–water partition coefficient (Wildman–Crippen LogP) is 0.0167. The Bertz CT molecular complexity index is 382. The monoisotopic (exact) mass is 240 g/mol. The molecule has 0 aromatic heterocycles. The standard InChI is InChI=1S/C11H16N2O4/c12-9-3-1-2-8(10(9)13)11(15)17-7-6-16-5-4-14/h1-3,14H,4-7,12-13H2. The smallest absolute Gasteiger partial charge is 0.340 e.